The van der Waals surface area contributed by atoms with E-state index in [1.165, 1.54) is 0 Å². The number of hydrogen-bond acceptors (Lipinski definition) is 0. The largest absolute Gasteiger partial charge is 0.0843 e. The molecule has 0 aliphatic heterocycles. The second-order valence-electron chi connectivity index (χ2n) is 3.31. The first kappa shape index (κ1) is 14.7. The third kappa shape index (κ3) is 5.18. The van der Waals surface area contributed by atoms with Gasteiger partial charge in [0.1, 0.15) is 0 Å². The van der Waals surface area contributed by atoms with Gasteiger partial charge in [0.2, 0.25) is 0 Å². The predicted molar refractivity (Wildman–Crippen MR) is 77.7 cm³/mol. The maximum Gasteiger partial charge on any atom is 0.0621 e. The summed E-state index contributed by atoms with van der Waals surface area (Å²) >= 11 is 22.5. The Labute approximate surface area is 121 Å². The van der Waals surface area contributed by atoms with Crippen LogP contribution >= 0.6 is 46.4 Å². The van der Waals surface area contributed by atoms with Gasteiger partial charge >= 0.3 is 0 Å². The van der Waals surface area contributed by atoms with Gasteiger partial charge in [-0.05, 0) is 42.8 Å². The van der Waals surface area contributed by atoms with E-state index < -0.39 is 0 Å². The smallest absolute Gasteiger partial charge is 0.0621 e. The van der Waals surface area contributed by atoms with E-state index in [1.807, 2.05) is 19.1 Å². The van der Waals surface area contributed by atoms with Crippen LogP contribution in [0.5, 0.6) is 0 Å². The Morgan fingerprint density at radius 2 is 1.18 bits per heavy atom. The molecule has 0 fully saturated rings. The Morgan fingerprint density at radius 3 is 1.53 bits per heavy atom. The number of hydrogen-bond donors (Lipinski definition) is 0. The standard InChI is InChI=1S/C7H6Cl2.C6H4Cl2/c1-5-3-2-4-6(8)7(5)9;7-5-1-2-6(8)4-3-5/h2-4H,1H3;1-4H. The van der Waals surface area contributed by atoms with E-state index >= 15 is 0 Å². The van der Waals surface area contributed by atoms with E-state index in [9.17, 15) is 0 Å². The van der Waals surface area contributed by atoms with Gasteiger partial charge in [0.15, 0.2) is 0 Å². The molecule has 0 atom stereocenters. The maximum absolute atomic E-state index is 5.75. The second kappa shape index (κ2) is 7.13. The summed E-state index contributed by atoms with van der Waals surface area (Å²) in [6.45, 7) is 1.92. The zero-order valence-electron chi connectivity index (χ0n) is 9.05. The number of benzene rings is 2. The first-order valence-corrected chi connectivity index (χ1v) is 6.33. The lowest BCUT2D eigenvalue weighted by molar-refractivity contribution is 1.47. The van der Waals surface area contributed by atoms with Gasteiger partial charge < -0.3 is 0 Å². The lowest BCUT2D eigenvalue weighted by atomic mass is 10.2. The minimum atomic E-state index is 0.622. The third-order valence-electron chi connectivity index (χ3n) is 1.95. The summed E-state index contributed by atoms with van der Waals surface area (Å²) in [5, 5.41) is 2.71. The van der Waals surface area contributed by atoms with Crippen LogP contribution in [0.25, 0.3) is 0 Å². The highest BCUT2D eigenvalue weighted by molar-refractivity contribution is 6.42. The van der Waals surface area contributed by atoms with Crippen LogP contribution in [0.3, 0.4) is 0 Å². The van der Waals surface area contributed by atoms with Crippen molar-refractivity contribution in [1.82, 2.24) is 0 Å². The van der Waals surface area contributed by atoms with Crippen molar-refractivity contribution in [1.29, 1.82) is 0 Å². The Kier molecular flexibility index (Phi) is 6.15. The van der Waals surface area contributed by atoms with Crippen LogP contribution in [0.2, 0.25) is 20.1 Å². The Balaban J connectivity index is 0.000000171. The summed E-state index contributed by atoms with van der Waals surface area (Å²) in [6.07, 6.45) is 0. The van der Waals surface area contributed by atoms with Gasteiger partial charge in [0.25, 0.3) is 0 Å². The summed E-state index contributed by atoms with van der Waals surface area (Å²) in [6, 6.07) is 12.6. The van der Waals surface area contributed by atoms with E-state index in [-0.39, 0.29) is 0 Å². The number of aryl methyl sites for hydroxylation is 1. The molecule has 17 heavy (non-hydrogen) atoms. The summed E-state index contributed by atoms with van der Waals surface area (Å²) in [4.78, 5) is 0. The average molecular weight is 308 g/mol. The second-order valence-corrected chi connectivity index (χ2v) is 4.97. The van der Waals surface area contributed by atoms with Crippen molar-refractivity contribution in [3.63, 3.8) is 0 Å². The molecule has 0 aromatic heterocycles. The van der Waals surface area contributed by atoms with E-state index in [4.69, 9.17) is 46.4 Å². The minimum Gasteiger partial charge on any atom is -0.0843 e. The van der Waals surface area contributed by atoms with Crippen molar-refractivity contribution in [2.24, 2.45) is 0 Å². The van der Waals surface area contributed by atoms with Crippen molar-refractivity contribution in [3.05, 3.63) is 68.1 Å². The van der Waals surface area contributed by atoms with Crippen molar-refractivity contribution in [2.75, 3.05) is 0 Å². The average Bonchev–Trinajstić information content (AvgIpc) is 2.31. The molecule has 0 spiro atoms. The normalized spacial score (nSPS) is 9.47. The summed E-state index contributed by atoms with van der Waals surface area (Å²) in [7, 11) is 0. The number of halogens is 4. The van der Waals surface area contributed by atoms with Crippen LogP contribution < -0.4 is 0 Å². The van der Waals surface area contributed by atoms with Crippen LogP contribution in [0.4, 0.5) is 0 Å². The molecule has 0 amide bonds. The fourth-order valence-corrected chi connectivity index (χ4v) is 1.64. The van der Waals surface area contributed by atoms with Gasteiger partial charge in [-0.25, -0.2) is 0 Å². The Hall–Kier alpha value is -0.400. The zero-order valence-corrected chi connectivity index (χ0v) is 12.1. The van der Waals surface area contributed by atoms with Crippen LogP contribution in [0.1, 0.15) is 5.56 Å². The molecule has 0 aliphatic rings. The van der Waals surface area contributed by atoms with Crippen molar-refractivity contribution < 1.29 is 0 Å². The van der Waals surface area contributed by atoms with Crippen molar-refractivity contribution in [2.45, 2.75) is 6.92 Å². The zero-order chi connectivity index (χ0) is 12.8. The molecule has 0 nitrogen and oxygen atoms in total. The molecule has 90 valence electrons. The summed E-state index contributed by atoms with van der Waals surface area (Å²) in [5.41, 5.74) is 1.02. The molecule has 0 aliphatic carbocycles. The maximum atomic E-state index is 5.75. The van der Waals surface area contributed by atoms with Crippen molar-refractivity contribution >= 4 is 46.4 Å². The van der Waals surface area contributed by atoms with E-state index in [1.54, 1.807) is 30.3 Å². The quantitative estimate of drug-likeness (QED) is 0.536. The minimum absolute atomic E-state index is 0.622. The topological polar surface area (TPSA) is 0 Å². The van der Waals surface area contributed by atoms with Gasteiger partial charge in [0.05, 0.1) is 10.0 Å². The fraction of sp³-hybridized carbons (Fsp3) is 0.0769. The first-order chi connectivity index (χ1) is 8.00. The van der Waals surface area contributed by atoms with Gasteiger partial charge in [-0.15, -0.1) is 0 Å². The molecule has 2 aromatic rings. The lowest BCUT2D eigenvalue weighted by Crippen LogP contribution is -1.73. The van der Waals surface area contributed by atoms with Crippen LogP contribution in [0.15, 0.2) is 42.5 Å². The van der Waals surface area contributed by atoms with Crippen molar-refractivity contribution in [3.8, 4) is 0 Å². The molecule has 0 saturated carbocycles. The van der Waals surface area contributed by atoms with Crippen LogP contribution in [-0.4, -0.2) is 0 Å². The molecule has 2 aromatic carbocycles. The van der Waals surface area contributed by atoms with Crippen LogP contribution in [0, 0.1) is 6.92 Å². The fourth-order valence-electron chi connectivity index (χ4n) is 1.04. The lowest BCUT2D eigenvalue weighted by Gasteiger charge is -1.96. The summed E-state index contributed by atoms with van der Waals surface area (Å²) < 4.78 is 0. The highest BCUT2D eigenvalue weighted by atomic mass is 35.5. The van der Waals surface area contributed by atoms with Gasteiger partial charge in [-0.2, -0.15) is 0 Å². The highest BCUT2D eigenvalue weighted by Gasteiger charge is 1.96. The van der Waals surface area contributed by atoms with Gasteiger partial charge in [-0.1, -0.05) is 58.5 Å². The van der Waals surface area contributed by atoms with E-state index in [0.29, 0.717) is 10.0 Å². The Morgan fingerprint density at radius 1 is 0.706 bits per heavy atom. The molecule has 0 radical (unpaired) electrons. The van der Waals surface area contributed by atoms with Gasteiger partial charge in [0, 0.05) is 10.0 Å². The highest BCUT2D eigenvalue weighted by Crippen LogP contribution is 2.24. The Bertz CT molecular complexity index is 436. The molecule has 0 N–H and O–H groups in total. The third-order valence-corrected chi connectivity index (χ3v) is 3.37. The summed E-state index contributed by atoms with van der Waals surface area (Å²) in [5.74, 6) is 0. The predicted octanol–water partition coefficient (Wildman–Crippen LogP) is 6.30. The molecule has 0 saturated heterocycles. The molecule has 4 heteroatoms. The molecular weight excluding hydrogens is 298 g/mol. The monoisotopic (exact) mass is 306 g/mol. The molecular formula is C13H10Cl4. The van der Waals surface area contributed by atoms with Gasteiger partial charge in [-0.3, -0.25) is 0 Å². The SMILES string of the molecule is Cc1cccc(Cl)c1Cl.Clc1ccc(Cl)cc1. The number of rotatable bonds is 0. The molecule has 0 heterocycles. The van der Waals surface area contributed by atoms with E-state index in [2.05, 4.69) is 0 Å². The van der Waals surface area contributed by atoms with Crippen LogP contribution in [-0.2, 0) is 0 Å². The molecule has 0 bridgehead atoms. The molecule has 0 unspecified atom stereocenters. The first-order valence-electron chi connectivity index (χ1n) is 4.82. The molecule has 2 rings (SSSR count). The van der Waals surface area contributed by atoms with E-state index in [0.717, 1.165) is 15.6 Å².